The summed E-state index contributed by atoms with van der Waals surface area (Å²) in [4.78, 5) is 18.7. The van der Waals surface area contributed by atoms with Crippen LogP contribution in [0, 0.1) is 0 Å². The Morgan fingerprint density at radius 3 is 3.18 bits per heavy atom. The number of nitrogens with zero attached hydrogens (tertiary/aromatic N) is 3. The largest absolute Gasteiger partial charge is 0.388 e. The summed E-state index contributed by atoms with van der Waals surface area (Å²) in [5.74, 6) is -0.104. The van der Waals surface area contributed by atoms with E-state index in [9.17, 15) is 9.90 Å². The average Bonchev–Trinajstić information content (AvgIpc) is 2.60. The molecule has 1 unspecified atom stereocenters. The minimum atomic E-state index is -0.792. The summed E-state index contributed by atoms with van der Waals surface area (Å²) in [5.41, 5.74) is 4.68. The van der Waals surface area contributed by atoms with Gasteiger partial charge in [-0.3, -0.25) is 4.57 Å². The molecule has 8 nitrogen and oxygen atoms in total. The lowest BCUT2D eigenvalue weighted by Crippen LogP contribution is -2.32. The molecule has 2 rings (SSSR count). The van der Waals surface area contributed by atoms with Crippen LogP contribution in [0.5, 0.6) is 0 Å². The third kappa shape index (κ3) is 2.43. The lowest BCUT2D eigenvalue weighted by atomic mass is 10.2. The van der Waals surface area contributed by atoms with Gasteiger partial charge in [-0.2, -0.15) is 4.98 Å². The molecule has 2 heterocycles. The van der Waals surface area contributed by atoms with Crippen molar-refractivity contribution in [3.05, 3.63) is 16.8 Å². The van der Waals surface area contributed by atoms with Gasteiger partial charge in [-0.15, -0.1) is 0 Å². The van der Waals surface area contributed by atoms with E-state index in [2.05, 4.69) is 9.97 Å². The van der Waals surface area contributed by atoms with Crippen LogP contribution in [0.1, 0.15) is 12.6 Å². The summed E-state index contributed by atoms with van der Waals surface area (Å²) < 4.78 is 11.5. The van der Waals surface area contributed by atoms with Crippen molar-refractivity contribution in [1.82, 2.24) is 14.5 Å². The van der Waals surface area contributed by atoms with Gasteiger partial charge in [0.1, 0.15) is 12.4 Å². The normalized spacial score (nSPS) is 28.5. The molecule has 0 bridgehead atoms. The number of methoxy groups -OCH3 is 1. The summed E-state index contributed by atoms with van der Waals surface area (Å²) in [6, 6.07) is 0. The molecule has 0 aromatic carbocycles. The molecular formula is C9H14N4O4. The summed E-state index contributed by atoms with van der Waals surface area (Å²) in [6.07, 6.45) is -0.212. The number of aliphatic hydroxyl groups excluding tert-OH is 1. The van der Waals surface area contributed by atoms with Gasteiger partial charge in [0.15, 0.2) is 6.23 Å². The molecule has 0 aliphatic carbocycles. The highest BCUT2D eigenvalue weighted by Gasteiger charge is 2.35. The van der Waals surface area contributed by atoms with Crippen molar-refractivity contribution in [3.63, 3.8) is 0 Å². The van der Waals surface area contributed by atoms with Crippen molar-refractivity contribution in [2.24, 2.45) is 0 Å². The maximum Gasteiger partial charge on any atom is 0.354 e. The monoisotopic (exact) mass is 242 g/mol. The van der Waals surface area contributed by atoms with E-state index in [0.717, 1.165) is 4.57 Å². The van der Waals surface area contributed by atoms with Gasteiger partial charge in [0, 0.05) is 13.5 Å². The van der Waals surface area contributed by atoms with Crippen molar-refractivity contribution in [2.45, 2.75) is 24.9 Å². The lowest BCUT2D eigenvalue weighted by Gasteiger charge is -2.16. The standard InChI is InChI=1S/C9H14N4O4/c1-16-3-5-2-6(14)7(17-5)13-4-11-8(10)12-9(13)15/h4-7,14H,2-3H2,1H3,(H2,10,12,15)/t5-,6+,7?/m0/s1. The quantitative estimate of drug-likeness (QED) is 0.664. The van der Waals surface area contributed by atoms with Crippen LogP contribution >= 0.6 is 0 Å². The zero-order chi connectivity index (χ0) is 12.4. The highest BCUT2D eigenvalue weighted by atomic mass is 16.6. The van der Waals surface area contributed by atoms with Crippen molar-refractivity contribution in [1.29, 1.82) is 0 Å². The molecule has 8 heteroatoms. The molecule has 1 aromatic rings. The highest BCUT2D eigenvalue weighted by Crippen LogP contribution is 2.27. The van der Waals surface area contributed by atoms with Crippen LogP contribution < -0.4 is 11.4 Å². The van der Waals surface area contributed by atoms with E-state index >= 15 is 0 Å². The molecule has 0 spiro atoms. The van der Waals surface area contributed by atoms with E-state index in [0.29, 0.717) is 13.0 Å². The number of ether oxygens (including phenoxy) is 2. The lowest BCUT2D eigenvalue weighted by molar-refractivity contribution is -0.0586. The van der Waals surface area contributed by atoms with Crippen LogP contribution in [-0.4, -0.2) is 45.6 Å². The number of anilines is 1. The fourth-order valence-electron chi connectivity index (χ4n) is 1.80. The van der Waals surface area contributed by atoms with Gasteiger partial charge in [0.2, 0.25) is 5.95 Å². The third-order valence-electron chi connectivity index (χ3n) is 2.54. The second-order valence-electron chi connectivity index (χ2n) is 3.81. The number of aliphatic hydroxyl groups is 1. The average molecular weight is 242 g/mol. The smallest absolute Gasteiger partial charge is 0.354 e. The Morgan fingerprint density at radius 1 is 1.76 bits per heavy atom. The van der Waals surface area contributed by atoms with Crippen LogP contribution in [0.25, 0.3) is 0 Å². The van der Waals surface area contributed by atoms with Gasteiger partial charge in [0.05, 0.1) is 12.7 Å². The number of rotatable bonds is 3. The minimum Gasteiger partial charge on any atom is -0.388 e. The second-order valence-corrected chi connectivity index (χ2v) is 3.81. The molecule has 0 amide bonds. The molecule has 94 valence electrons. The molecule has 3 atom stereocenters. The molecule has 1 aliphatic heterocycles. The van der Waals surface area contributed by atoms with Crippen LogP contribution in [0.15, 0.2) is 11.1 Å². The second kappa shape index (κ2) is 4.78. The van der Waals surface area contributed by atoms with Crippen LogP contribution in [0.3, 0.4) is 0 Å². The summed E-state index contributed by atoms with van der Waals surface area (Å²) in [5, 5.41) is 9.81. The van der Waals surface area contributed by atoms with Gasteiger partial charge in [-0.25, -0.2) is 9.78 Å². The van der Waals surface area contributed by atoms with Gasteiger partial charge < -0.3 is 20.3 Å². The Bertz CT molecular complexity index is 449. The fraction of sp³-hybridized carbons (Fsp3) is 0.667. The minimum absolute atomic E-state index is 0.104. The first-order valence-electron chi connectivity index (χ1n) is 5.15. The van der Waals surface area contributed by atoms with E-state index in [1.54, 1.807) is 7.11 Å². The maximum absolute atomic E-state index is 11.5. The Labute approximate surface area is 97.0 Å². The van der Waals surface area contributed by atoms with E-state index in [1.165, 1.54) is 6.33 Å². The third-order valence-corrected chi connectivity index (χ3v) is 2.54. The van der Waals surface area contributed by atoms with E-state index in [4.69, 9.17) is 15.2 Å². The Balaban J connectivity index is 2.20. The van der Waals surface area contributed by atoms with Crippen molar-refractivity contribution >= 4 is 5.95 Å². The predicted octanol–water partition coefficient (Wildman–Crippen LogP) is -1.48. The Kier molecular flexibility index (Phi) is 3.36. The zero-order valence-electron chi connectivity index (χ0n) is 9.31. The molecule has 17 heavy (non-hydrogen) atoms. The van der Waals surface area contributed by atoms with E-state index in [-0.39, 0.29) is 12.1 Å². The Morgan fingerprint density at radius 2 is 2.53 bits per heavy atom. The maximum atomic E-state index is 11.5. The topological polar surface area (TPSA) is 112 Å². The van der Waals surface area contributed by atoms with Gasteiger partial charge >= 0.3 is 5.69 Å². The molecule has 1 saturated heterocycles. The summed E-state index contributed by atoms with van der Waals surface area (Å²) in [7, 11) is 1.54. The van der Waals surface area contributed by atoms with Crippen molar-refractivity contribution in [2.75, 3.05) is 19.5 Å². The summed E-state index contributed by atoms with van der Waals surface area (Å²) >= 11 is 0. The van der Waals surface area contributed by atoms with Crippen LogP contribution in [-0.2, 0) is 9.47 Å². The molecule has 1 fully saturated rings. The summed E-state index contributed by atoms with van der Waals surface area (Å²) in [6.45, 7) is 0.359. The first-order chi connectivity index (χ1) is 8.11. The van der Waals surface area contributed by atoms with Gasteiger partial charge in [-0.05, 0) is 0 Å². The van der Waals surface area contributed by atoms with Crippen LogP contribution in [0.2, 0.25) is 0 Å². The van der Waals surface area contributed by atoms with Crippen molar-refractivity contribution in [3.8, 4) is 0 Å². The first-order valence-corrected chi connectivity index (χ1v) is 5.15. The number of hydrogen-bond acceptors (Lipinski definition) is 7. The number of hydrogen-bond donors (Lipinski definition) is 2. The number of aromatic nitrogens is 3. The van der Waals surface area contributed by atoms with Crippen molar-refractivity contribution < 1.29 is 14.6 Å². The first kappa shape index (κ1) is 12.0. The highest BCUT2D eigenvalue weighted by molar-refractivity contribution is 5.09. The van der Waals surface area contributed by atoms with Crippen LogP contribution in [0.4, 0.5) is 5.95 Å². The molecular weight excluding hydrogens is 228 g/mol. The molecule has 1 aliphatic rings. The number of nitrogens with two attached hydrogens (primary N) is 1. The zero-order valence-corrected chi connectivity index (χ0v) is 9.31. The van der Waals surface area contributed by atoms with E-state index < -0.39 is 18.0 Å². The molecule has 0 radical (unpaired) electrons. The Hall–Kier alpha value is -1.51. The van der Waals surface area contributed by atoms with Gasteiger partial charge in [-0.1, -0.05) is 0 Å². The predicted molar refractivity (Wildman–Crippen MR) is 57.1 cm³/mol. The van der Waals surface area contributed by atoms with Gasteiger partial charge in [0.25, 0.3) is 0 Å². The number of nitrogen functional groups attached to an aromatic ring is 1. The fourth-order valence-corrected chi connectivity index (χ4v) is 1.80. The molecule has 3 N–H and O–H groups in total. The van der Waals surface area contributed by atoms with E-state index in [1.807, 2.05) is 0 Å². The molecule has 0 saturated carbocycles. The molecule has 1 aromatic heterocycles. The SMILES string of the molecule is COC[C@@H]1C[C@@H](O)C(n2cnc(N)nc2=O)O1.